The van der Waals surface area contributed by atoms with Gasteiger partial charge in [0.25, 0.3) is 5.91 Å². The first-order chi connectivity index (χ1) is 11.5. The van der Waals surface area contributed by atoms with Gasteiger partial charge in [0.2, 0.25) is 11.7 Å². The van der Waals surface area contributed by atoms with Crippen molar-refractivity contribution < 1.29 is 14.4 Å². The Morgan fingerprint density at radius 3 is 2.38 bits per heavy atom. The molecule has 0 aliphatic heterocycles. The summed E-state index contributed by atoms with van der Waals surface area (Å²) < 4.78 is 0. The molecule has 0 spiro atoms. The highest BCUT2D eigenvalue weighted by atomic mass is 16.2. The molecule has 130 valence electrons. The fourth-order valence-corrected chi connectivity index (χ4v) is 2.39. The van der Waals surface area contributed by atoms with Gasteiger partial charge in [-0.1, -0.05) is 44.2 Å². The van der Waals surface area contributed by atoms with Crippen molar-refractivity contribution in [3.8, 4) is 0 Å². The van der Waals surface area contributed by atoms with Gasteiger partial charge in [-0.2, -0.15) is 0 Å². The Morgan fingerprint density at radius 2 is 1.79 bits per heavy atom. The molecule has 5 nitrogen and oxygen atoms in total. The van der Waals surface area contributed by atoms with E-state index in [1.54, 1.807) is 0 Å². The monoisotopic (exact) mass is 330 g/mol. The Morgan fingerprint density at radius 1 is 1.12 bits per heavy atom. The fraction of sp³-hybridized carbons (Fsp3) is 0.526. The molecule has 24 heavy (non-hydrogen) atoms. The van der Waals surface area contributed by atoms with E-state index in [4.69, 9.17) is 0 Å². The van der Waals surface area contributed by atoms with E-state index in [9.17, 15) is 14.4 Å². The molecule has 2 amide bonds. The standard InChI is InChI=1S/C19H26N2O3/c1-13(2)8-11-17(22)21-16(12-14-6-4-3-5-7-14)18(23)19(24)20-15-9-10-15/h3-7,13,15-16H,8-12H2,1-2H3,(H,20,24)(H,21,22)/t16-/m0/s1. The fourth-order valence-electron chi connectivity index (χ4n) is 2.39. The van der Waals surface area contributed by atoms with Crippen molar-refractivity contribution in [2.75, 3.05) is 0 Å². The van der Waals surface area contributed by atoms with Crippen LogP contribution < -0.4 is 10.6 Å². The zero-order valence-corrected chi connectivity index (χ0v) is 14.4. The molecule has 1 aromatic rings. The average molecular weight is 330 g/mol. The first kappa shape index (κ1) is 18.2. The summed E-state index contributed by atoms with van der Waals surface area (Å²) in [4.78, 5) is 36.6. The lowest BCUT2D eigenvalue weighted by molar-refractivity contribution is -0.140. The molecule has 5 heteroatoms. The molecule has 2 rings (SSSR count). The predicted molar refractivity (Wildman–Crippen MR) is 92.3 cm³/mol. The zero-order chi connectivity index (χ0) is 17.5. The van der Waals surface area contributed by atoms with Gasteiger partial charge < -0.3 is 10.6 Å². The Hall–Kier alpha value is -2.17. The zero-order valence-electron chi connectivity index (χ0n) is 14.4. The number of carbonyl (C=O) groups is 3. The Bertz CT molecular complexity index is 580. The number of nitrogens with one attached hydrogen (secondary N) is 2. The quantitative estimate of drug-likeness (QED) is 0.680. The second kappa shape index (κ2) is 8.62. The number of hydrogen-bond acceptors (Lipinski definition) is 3. The first-order valence-electron chi connectivity index (χ1n) is 8.63. The number of amides is 2. The van der Waals surface area contributed by atoms with Crippen molar-refractivity contribution >= 4 is 17.6 Å². The molecule has 0 aromatic heterocycles. The summed E-state index contributed by atoms with van der Waals surface area (Å²) in [6.45, 7) is 4.09. The number of ketones is 1. The van der Waals surface area contributed by atoms with Gasteiger partial charge >= 0.3 is 0 Å². The smallest absolute Gasteiger partial charge is 0.289 e. The lowest BCUT2D eigenvalue weighted by Gasteiger charge is -2.18. The van der Waals surface area contributed by atoms with Gasteiger partial charge in [0.1, 0.15) is 6.04 Å². The van der Waals surface area contributed by atoms with Gasteiger partial charge in [-0.25, -0.2) is 0 Å². The van der Waals surface area contributed by atoms with Crippen LogP contribution in [0.5, 0.6) is 0 Å². The SMILES string of the molecule is CC(C)CCC(=O)N[C@@H](Cc1ccccc1)C(=O)C(=O)NC1CC1. The molecule has 1 atom stereocenters. The summed E-state index contributed by atoms with van der Waals surface area (Å²) in [7, 11) is 0. The molecule has 1 saturated carbocycles. The maximum atomic E-state index is 12.5. The van der Waals surface area contributed by atoms with Crippen molar-refractivity contribution in [2.45, 2.75) is 58.0 Å². The predicted octanol–water partition coefficient (Wildman–Crippen LogP) is 2.00. The van der Waals surface area contributed by atoms with Crippen LogP contribution in [0.25, 0.3) is 0 Å². The molecule has 2 N–H and O–H groups in total. The van der Waals surface area contributed by atoms with Gasteiger partial charge in [-0.15, -0.1) is 0 Å². The van der Waals surface area contributed by atoms with E-state index in [0.717, 1.165) is 24.8 Å². The highest BCUT2D eigenvalue weighted by Crippen LogP contribution is 2.18. The molecule has 0 bridgehead atoms. The van der Waals surface area contributed by atoms with Gasteiger partial charge in [0.05, 0.1) is 0 Å². The Balaban J connectivity index is 2.00. The van der Waals surface area contributed by atoms with Crippen LogP contribution in [0.1, 0.15) is 45.1 Å². The maximum absolute atomic E-state index is 12.5. The van der Waals surface area contributed by atoms with Crippen LogP contribution in [0, 0.1) is 5.92 Å². The van der Waals surface area contributed by atoms with E-state index in [1.165, 1.54) is 0 Å². The van der Waals surface area contributed by atoms with Crippen LogP contribution in [0.15, 0.2) is 30.3 Å². The summed E-state index contributed by atoms with van der Waals surface area (Å²) in [5.41, 5.74) is 0.916. The van der Waals surface area contributed by atoms with Gasteiger partial charge in [-0.05, 0) is 30.7 Å². The third kappa shape index (κ3) is 6.14. The molecule has 1 aliphatic rings. The van der Waals surface area contributed by atoms with E-state index in [0.29, 0.717) is 18.8 Å². The van der Waals surface area contributed by atoms with E-state index < -0.39 is 17.7 Å². The summed E-state index contributed by atoms with van der Waals surface area (Å²) in [5, 5.41) is 5.45. The van der Waals surface area contributed by atoms with Crippen molar-refractivity contribution in [2.24, 2.45) is 5.92 Å². The molecule has 0 radical (unpaired) electrons. The van der Waals surface area contributed by atoms with Crippen LogP contribution in [0.3, 0.4) is 0 Å². The van der Waals surface area contributed by atoms with Gasteiger partial charge in [-0.3, -0.25) is 14.4 Å². The van der Waals surface area contributed by atoms with Gasteiger partial charge in [0.15, 0.2) is 0 Å². The molecule has 0 unspecified atom stereocenters. The van der Waals surface area contributed by atoms with Crippen LogP contribution in [-0.2, 0) is 20.8 Å². The molecule has 0 saturated heterocycles. The normalized spacial score (nSPS) is 15.0. The molecule has 0 heterocycles. The third-order valence-corrected chi connectivity index (χ3v) is 4.02. The lowest BCUT2D eigenvalue weighted by Crippen LogP contribution is -2.49. The van der Waals surface area contributed by atoms with Crippen LogP contribution >= 0.6 is 0 Å². The summed E-state index contributed by atoms with van der Waals surface area (Å²) in [6, 6.07) is 8.73. The number of rotatable bonds is 9. The highest BCUT2D eigenvalue weighted by Gasteiger charge is 2.31. The van der Waals surface area contributed by atoms with E-state index in [2.05, 4.69) is 10.6 Å². The van der Waals surface area contributed by atoms with Crippen LogP contribution in [-0.4, -0.2) is 29.7 Å². The number of carbonyl (C=O) groups excluding carboxylic acids is 3. The van der Waals surface area contributed by atoms with Crippen molar-refractivity contribution in [3.63, 3.8) is 0 Å². The minimum atomic E-state index is -0.814. The Kier molecular flexibility index (Phi) is 6.53. The summed E-state index contributed by atoms with van der Waals surface area (Å²) >= 11 is 0. The number of Topliss-reactive ketones (excluding diaryl/α,β-unsaturated/α-hetero) is 1. The Labute approximate surface area is 143 Å². The average Bonchev–Trinajstić information content (AvgIpc) is 3.36. The van der Waals surface area contributed by atoms with Gasteiger partial charge in [0, 0.05) is 18.9 Å². The maximum Gasteiger partial charge on any atom is 0.289 e. The third-order valence-electron chi connectivity index (χ3n) is 4.02. The van der Waals surface area contributed by atoms with Crippen LogP contribution in [0.4, 0.5) is 0 Å². The van der Waals surface area contributed by atoms with Crippen molar-refractivity contribution in [1.82, 2.24) is 10.6 Å². The molecule has 1 aliphatic carbocycles. The van der Waals surface area contributed by atoms with Crippen molar-refractivity contribution in [3.05, 3.63) is 35.9 Å². The minimum Gasteiger partial charge on any atom is -0.347 e. The molecular formula is C19H26N2O3. The van der Waals surface area contributed by atoms with Crippen molar-refractivity contribution in [1.29, 1.82) is 0 Å². The van der Waals surface area contributed by atoms with E-state index in [-0.39, 0.29) is 11.9 Å². The second-order valence-corrected chi connectivity index (χ2v) is 6.85. The molecular weight excluding hydrogens is 304 g/mol. The van der Waals surface area contributed by atoms with E-state index in [1.807, 2.05) is 44.2 Å². The summed E-state index contributed by atoms with van der Waals surface area (Å²) in [5.74, 6) is -0.930. The second-order valence-electron chi connectivity index (χ2n) is 6.85. The molecule has 1 aromatic carbocycles. The van der Waals surface area contributed by atoms with E-state index >= 15 is 0 Å². The number of hydrogen-bond donors (Lipinski definition) is 2. The highest BCUT2D eigenvalue weighted by molar-refractivity contribution is 6.38. The minimum absolute atomic E-state index is 0.121. The largest absolute Gasteiger partial charge is 0.347 e. The topological polar surface area (TPSA) is 75.3 Å². The number of benzene rings is 1. The molecule has 1 fully saturated rings. The summed E-state index contributed by atoms with van der Waals surface area (Å²) in [6.07, 6.45) is 3.28. The lowest BCUT2D eigenvalue weighted by atomic mass is 10.0. The van der Waals surface area contributed by atoms with Crippen LogP contribution in [0.2, 0.25) is 0 Å². The first-order valence-corrected chi connectivity index (χ1v) is 8.63.